The van der Waals surface area contributed by atoms with Gasteiger partial charge in [0.1, 0.15) is 0 Å². The number of likely N-dealkylation sites (tertiary alicyclic amines) is 1. The molecule has 0 atom stereocenters. The zero-order chi connectivity index (χ0) is 15.2. The Kier molecular flexibility index (Phi) is 6.30. The lowest BCUT2D eigenvalue weighted by molar-refractivity contribution is -0.152. The van der Waals surface area contributed by atoms with Gasteiger partial charge in [0.25, 0.3) is 0 Å². The molecule has 2 amide bonds. The topological polar surface area (TPSA) is 60.9 Å². The highest BCUT2D eigenvalue weighted by Gasteiger charge is 2.41. The van der Waals surface area contributed by atoms with Crippen molar-refractivity contribution < 1.29 is 14.7 Å². The van der Waals surface area contributed by atoms with E-state index < -0.39 is 11.4 Å². The summed E-state index contributed by atoms with van der Waals surface area (Å²) in [6.07, 6.45) is 5.07. The van der Waals surface area contributed by atoms with Crippen LogP contribution in [0.2, 0.25) is 0 Å². The predicted molar refractivity (Wildman–Crippen MR) is 78.7 cm³/mol. The monoisotopic (exact) mass is 284 g/mol. The highest BCUT2D eigenvalue weighted by Crippen LogP contribution is 2.35. The molecule has 0 radical (unpaired) electrons. The highest BCUT2D eigenvalue weighted by molar-refractivity contribution is 5.77. The van der Waals surface area contributed by atoms with E-state index in [-0.39, 0.29) is 6.03 Å². The van der Waals surface area contributed by atoms with Crippen molar-refractivity contribution in [3.63, 3.8) is 0 Å². The van der Waals surface area contributed by atoms with E-state index in [2.05, 4.69) is 6.92 Å². The number of aliphatic carboxylic acids is 1. The number of unbranched alkanes of at least 4 members (excludes halogenated alkanes) is 2. The summed E-state index contributed by atoms with van der Waals surface area (Å²) >= 11 is 0. The minimum Gasteiger partial charge on any atom is -0.481 e. The van der Waals surface area contributed by atoms with Crippen molar-refractivity contribution in [1.82, 2.24) is 9.80 Å². The average Bonchev–Trinajstić information content (AvgIpc) is 2.46. The van der Waals surface area contributed by atoms with Gasteiger partial charge >= 0.3 is 12.0 Å². The Bertz CT molecular complexity index is 336. The second-order valence-electron chi connectivity index (χ2n) is 5.84. The number of carboxylic acids is 1. The van der Waals surface area contributed by atoms with Gasteiger partial charge < -0.3 is 14.9 Å². The van der Waals surface area contributed by atoms with Gasteiger partial charge in [0.2, 0.25) is 0 Å². The Balaban J connectivity index is 2.48. The van der Waals surface area contributed by atoms with E-state index in [9.17, 15) is 14.7 Å². The molecule has 0 bridgehead atoms. The molecule has 1 N–H and O–H groups in total. The maximum atomic E-state index is 12.3. The molecule has 20 heavy (non-hydrogen) atoms. The fourth-order valence-electron chi connectivity index (χ4n) is 2.78. The lowest BCUT2D eigenvalue weighted by Gasteiger charge is -2.39. The Morgan fingerprint density at radius 2 is 1.80 bits per heavy atom. The number of carbonyl (C=O) groups excluding carboxylic acids is 1. The molecule has 116 valence electrons. The van der Waals surface area contributed by atoms with Crippen LogP contribution >= 0.6 is 0 Å². The number of hydrogen-bond donors (Lipinski definition) is 1. The molecule has 0 aromatic heterocycles. The first-order chi connectivity index (χ1) is 9.46. The average molecular weight is 284 g/mol. The molecule has 0 saturated carbocycles. The largest absolute Gasteiger partial charge is 0.481 e. The maximum Gasteiger partial charge on any atom is 0.319 e. The second-order valence-corrected chi connectivity index (χ2v) is 5.84. The smallest absolute Gasteiger partial charge is 0.319 e. The Hall–Kier alpha value is -1.26. The number of nitrogens with zero attached hydrogens (tertiary/aromatic N) is 2. The molecule has 5 nitrogen and oxygen atoms in total. The first-order valence-electron chi connectivity index (χ1n) is 7.70. The molecule has 1 heterocycles. The van der Waals surface area contributed by atoms with Gasteiger partial charge in [-0.15, -0.1) is 0 Å². The van der Waals surface area contributed by atoms with E-state index in [4.69, 9.17) is 0 Å². The molecule has 0 spiro atoms. The van der Waals surface area contributed by atoms with Crippen LogP contribution in [0.4, 0.5) is 4.79 Å². The minimum absolute atomic E-state index is 0.0381. The third kappa shape index (κ3) is 3.87. The summed E-state index contributed by atoms with van der Waals surface area (Å²) in [7, 11) is 1.83. The molecular formula is C15H28N2O3. The molecule has 0 aromatic carbocycles. The molecule has 0 aliphatic carbocycles. The fourth-order valence-corrected chi connectivity index (χ4v) is 2.78. The summed E-state index contributed by atoms with van der Waals surface area (Å²) < 4.78 is 0. The van der Waals surface area contributed by atoms with Crippen LogP contribution in [-0.2, 0) is 4.79 Å². The second kappa shape index (κ2) is 7.50. The van der Waals surface area contributed by atoms with Crippen LogP contribution < -0.4 is 0 Å². The van der Waals surface area contributed by atoms with Gasteiger partial charge in [-0.25, -0.2) is 4.79 Å². The van der Waals surface area contributed by atoms with Crippen LogP contribution in [0.1, 0.15) is 52.4 Å². The zero-order valence-electron chi connectivity index (χ0n) is 13.0. The van der Waals surface area contributed by atoms with Crippen LogP contribution in [0.15, 0.2) is 0 Å². The van der Waals surface area contributed by atoms with E-state index in [1.165, 1.54) is 0 Å². The van der Waals surface area contributed by atoms with E-state index in [1.54, 1.807) is 9.80 Å². The predicted octanol–water partition coefficient (Wildman–Crippen LogP) is 2.81. The molecule has 1 rings (SSSR count). The van der Waals surface area contributed by atoms with Gasteiger partial charge in [-0.1, -0.05) is 26.7 Å². The maximum absolute atomic E-state index is 12.3. The van der Waals surface area contributed by atoms with Crippen molar-refractivity contribution in [2.24, 2.45) is 5.41 Å². The molecule has 1 aliphatic heterocycles. The highest BCUT2D eigenvalue weighted by atomic mass is 16.4. The third-order valence-electron chi connectivity index (χ3n) is 4.55. The minimum atomic E-state index is -0.719. The Morgan fingerprint density at radius 3 is 2.25 bits per heavy atom. The van der Waals surface area contributed by atoms with Crippen LogP contribution in [0.25, 0.3) is 0 Å². The van der Waals surface area contributed by atoms with Crippen molar-refractivity contribution in [3.05, 3.63) is 0 Å². The SMILES string of the molecule is CCCCCN(C)C(=O)N1CCC(CC)(C(=O)O)CC1. The summed E-state index contributed by atoms with van der Waals surface area (Å²) in [5, 5.41) is 9.35. The van der Waals surface area contributed by atoms with Gasteiger partial charge in [0, 0.05) is 26.7 Å². The third-order valence-corrected chi connectivity index (χ3v) is 4.55. The van der Waals surface area contributed by atoms with Crippen molar-refractivity contribution in [3.8, 4) is 0 Å². The van der Waals surface area contributed by atoms with Crippen molar-refractivity contribution in [1.29, 1.82) is 0 Å². The molecular weight excluding hydrogens is 256 g/mol. The van der Waals surface area contributed by atoms with Gasteiger partial charge in [0.05, 0.1) is 5.41 Å². The molecule has 5 heteroatoms. The van der Waals surface area contributed by atoms with Gasteiger partial charge in [-0.3, -0.25) is 4.79 Å². The van der Waals surface area contributed by atoms with Crippen LogP contribution in [-0.4, -0.2) is 53.6 Å². The molecule has 0 aromatic rings. The molecule has 1 fully saturated rings. The van der Waals surface area contributed by atoms with E-state index in [0.717, 1.165) is 25.8 Å². The Morgan fingerprint density at radius 1 is 1.20 bits per heavy atom. The van der Waals surface area contributed by atoms with Crippen LogP contribution in [0.5, 0.6) is 0 Å². The van der Waals surface area contributed by atoms with Crippen LogP contribution in [0, 0.1) is 5.41 Å². The van der Waals surface area contributed by atoms with Gasteiger partial charge in [-0.05, 0) is 25.7 Å². The first kappa shape index (κ1) is 16.8. The lowest BCUT2D eigenvalue weighted by Crippen LogP contribution is -2.50. The fraction of sp³-hybridized carbons (Fsp3) is 0.867. The molecule has 0 unspecified atom stereocenters. The molecule has 1 aliphatic rings. The number of rotatable bonds is 6. The van der Waals surface area contributed by atoms with Crippen molar-refractivity contribution >= 4 is 12.0 Å². The quantitative estimate of drug-likeness (QED) is 0.763. The zero-order valence-corrected chi connectivity index (χ0v) is 13.0. The lowest BCUT2D eigenvalue weighted by atomic mass is 9.76. The van der Waals surface area contributed by atoms with Crippen molar-refractivity contribution in [2.45, 2.75) is 52.4 Å². The first-order valence-corrected chi connectivity index (χ1v) is 7.70. The van der Waals surface area contributed by atoms with E-state index >= 15 is 0 Å². The normalized spacial score (nSPS) is 17.9. The number of carboxylic acid groups (broad SMARTS) is 1. The standard InChI is InChI=1S/C15H28N2O3/c1-4-6-7-10-16(3)14(20)17-11-8-15(5-2,9-12-17)13(18)19/h4-12H2,1-3H3,(H,18,19). The van der Waals surface area contributed by atoms with E-state index in [1.807, 2.05) is 14.0 Å². The number of piperidine rings is 1. The summed E-state index contributed by atoms with van der Waals surface area (Å²) in [5.41, 5.74) is -0.627. The van der Waals surface area contributed by atoms with Crippen molar-refractivity contribution in [2.75, 3.05) is 26.7 Å². The van der Waals surface area contributed by atoms with E-state index in [0.29, 0.717) is 32.4 Å². The summed E-state index contributed by atoms with van der Waals surface area (Å²) in [6, 6.07) is 0.0381. The number of carbonyl (C=O) groups is 2. The number of hydrogen-bond acceptors (Lipinski definition) is 2. The molecule has 1 saturated heterocycles. The van der Waals surface area contributed by atoms with Crippen LogP contribution in [0.3, 0.4) is 0 Å². The number of amides is 2. The summed E-state index contributed by atoms with van der Waals surface area (Å²) in [5.74, 6) is -0.719. The van der Waals surface area contributed by atoms with Gasteiger partial charge in [-0.2, -0.15) is 0 Å². The summed E-state index contributed by atoms with van der Waals surface area (Å²) in [6.45, 7) is 5.94. The summed E-state index contributed by atoms with van der Waals surface area (Å²) in [4.78, 5) is 27.2. The Labute approximate surface area is 121 Å². The number of urea groups is 1. The van der Waals surface area contributed by atoms with Gasteiger partial charge in [0.15, 0.2) is 0 Å².